The van der Waals surface area contributed by atoms with Gasteiger partial charge in [0.1, 0.15) is 12.4 Å². The average molecular weight is 239 g/mol. The summed E-state index contributed by atoms with van der Waals surface area (Å²) in [4.78, 5) is 0. The number of anilines is 1. The molecule has 0 heterocycles. The number of ether oxygens (including phenoxy) is 1. The van der Waals surface area contributed by atoms with Crippen LogP contribution in [-0.2, 0) is 6.61 Å². The lowest BCUT2D eigenvalue weighted by atomic mass is 10.2. The standard InChI is InChI=1S/C16H17NO/c1-2-6-13-9-10-16(15(17)11-13)18-12-14-7-4-3-5-8-14/h2-11H,12,17H2,1H3. The third-order valence-electron chi connectivity index (χ3n) is 2.63. The van der Waals surface area contributed by atoms with E-state index in [0.717, 1.165) is 16.9 Å². The van der Waals surface area contributed by atoms with Crippen molar-refractivity contribution in [1.82, 2.24) is 0 Å². The van der Waals surface area contributed by atoms with E-state index < -0.39 is 0 Å². The van der Waals surface area contributed by atoms with Gasteiger partial charge in [-0.25, -0.2) is 0 Å². The molecule has 0 aliphatic carbocycles. The van der Waals surface area contributed by atoms with Crippen LogP contribution < -0.4 is 10.5 Å². The molecule has 0 saturated carbocycles. The lowest BCUT2D eigenvalue weighted by molar-refractivity contribution is 0.308. The first-order valence-corrected chi connectivity index (χ1v) is 5.98. The zero-order valence-electron chi connectivity index (χ0n) is 10.5. The Kier molecular flexibility index (Phi) is 4.02. The van der Waals surface area contributed by atoms with Crippen LogP contribution in [0.15, 0.2) is 54.6 Å². The van der Waals surface area contributed by atoms with E-state index >= 15 is 0 Å². The molecular formula is C16H17NO. The van der Waals surface area contributed by atoms with Crippen LogP contribution in [0.3, 0.4) is 0 Å². The molecule has 0 fully saturated rings. The van der Waals surface area contributed by atoms with Crippen molar-refractivity contribution in [3.8, 4) is 5.75 Å². The zero-order valence-corrected chi connectivity index (χ0v) is 10.5. The minimum absolute atomic E-state index is 0.536. The Morgan fingerprint density at radius 1 is 1.11 bits per heavy atom. The second kappa shape index (κ2) is 5.92. The predicted octanol–water partition coefficient (Wildman–Crippen LogP) is 3.88. The van der Waals surface area contributed by atoms with Gasteiger partial charge in [-0.15, -0.1) is 0 Å². The second-order valence-corrected chi connectivity index (χ2v) is 4.07. The van der Waals surface area contributed by atoms with Crippen LogP contribution in [0.5, 0.6) is 5.75 Å². The van der Waals surface area contributed by atoms with Crippen molar-refractivity contribution in [1.29, 1.82) is 0 Å². The fourth-order valence-corrected chi connectivity index (χ4v) is 1.73. The first-order valence-electron chi connectivity index (χ1n) is 5.98. The van der Waals surface area contributed by atoms with Crippen molar-refractivity contribution < 1.29 is 4.74 Å². The molecule has 2 aromatic rings. The van der Waals surface area contributed by atoms with Crippen LogP contribution in [0.4, 0.5) is 5.69 Å². The molecule has 0 aliphatic rings. The summed E-state index contributed by atoms with van der Waals surface area (Å²) in [7, 11) is 0. The SMILES string of the molecule is CC=Cc1ccc(OCc2ccccc2)c(N)c1. The monoisotopic (exact) mass is 239 g/mol. The van der Waals surface area contributed by atoms with Crippen molar-refractivity contribution in [2.24, 2.45) is 0 Å². The van der Waals surface area contributed by atoms with Gasteiger partial charge in [0.05, 0.1) is 5.69 Å². The van der Waals surface area contributed by atoms with E-state index in [2.05, 4.69) is 0 Å². The van der Waals surface area contributed by atoms with Crippen LogP contribution in [-0.4, -0.2) is 0 Å². The molecule has 0 unspecified atom stereocenters. The third-order valence-corrected chi connectivity index (χ3v) is 2.63. The van der Waals surface area contributed by atoms with Crippen LogP contribution >= 0.6 is 0 Å². The van der Waals surface area contributed by atoms with Crippen LogP contribution in [0.2, 0.25) is 0 Å². The number of hydrogen-bond donors (Lipinski definition) is 1. The Bertz CT molecular complexity index is 532. The van der Waals surface area contributed by atoms with E-state index in [-0.39, 0.29) is 0 Å². The number of hydrogen-bond acceptors (Lipinski definition) is 2. The Morgan fingerprint density at radius 2 is 1.89 bits per heavy atom. The Morgan fingerprint density at radius 3 is 2.56 bits per heavy atom. The van der Waals surface area contributed by atoms with Gasteiger partial charge in [0.2, 0.25) is 0 Å². The van der Waals surface area contributed by atoms with Gasteiger partial charge in [-0.05, 0) is 30.2 Å². The molecule has 92 valence electrons. The number of nitrogen functional groups attached to an aromatic ring is 1. The minimum Gasteiger partial charge on any atom is -0.487 e. The summed E-state index contributed by atoms with van der Waals surface area (Å²) >= 11 is 0. The topological polar surface area (TPSA) is 35.2 Å². The first-order chi connectivity index (χ1) is 8.79. The fraction of sp³-hybridized carbons (Fsp3) is 0.125. The van der Waals surface area contributed by atoms with Gasteiger partial charge in [0.15, 0.2) is 0 Å². The predicted molar refractivity (Wildman–Crippen MR) is 76.3 cm³/mol. The summed E-state index contributed by atoms with van der Waals surface area (Å²) in [6.07, 6.45) is 4.00. The van der Waals surface area contributed by atoms with Crippen molar-refractivity contribution in [3.63, 3.8) is 0 Å². The average Bonchev–Trinajstić information content (AvgIpc) is 2.39. The molecule has 0 radical (unpaired) electrons. The van der Waals surface area contributed by atoms with E-state index in [9.17, 15) is 0 Å². The van der Waals surface area contributed by atoms with Gasteiger partial charge < -0.3 is 10.5 Å². The van der Waals surface area contributed by atoms with Crippen molar-refractivity contribution >= 4 is 11.8 Å². The molecular weight excluding hydrogens is 222 g/mol. The summed E-state index contributed by atoms with van der Waals surface area (Å²) in [5.74, 6) is 0.729. The Balaban J connectivity index is 2.06. The molecule has 0 aromatic heterocycles. The number of benzene rings is 2. The zero-order chi connectivity index (χ0) is 12.8. The normalized spacial score (nSPS) is 10.7. The molecule has 2 rings (SSSR count). The number of nitrogens with two attached hydrogens (primary N) is 1. The van der Waals surface area contributed by atoms with Gasteiger partial charge in [0, 0.05) is 0 Å². The van der Waals surface area contributed by atoms with E-state index in [1.807, 2.05) is 67.6 Å². The highest BCUT2D eigenvalue weighted by Crippen LogP contribution is 2.24. The highest BCUT2D eigenvalue weighted by atomic mass is 16.5. The maximum atomic E-state index is 5.96. The molecule has 0 aliphatic heterocycles. The first kappa shape index (κ1) is 12.2. The maximum absolute atomic E-state index is 5.96. The highest BCUT2D eigenvalue weighted by Gasteiger charge is 2.01. The van der Waals surface area contributed by atoms with E-state index in [1.54, 1.807) is 0 Å². The summed E-state index contributed by atoms with van der Waals surface area (Å²) < 4.78 is 5.71. The van der Waals surface area contributed by atoms with Gasteiger partial charge in [-0.1, -0.05) is 48.6 Å². The van der Waals surface area contributed by atoms with Gasteiger partial charge in [0.25, 0.3) is 0 Å². The van der Waals surface area contributed by atoms with Crippen molar-refractivity contribution in [3.05, 3.63) is 65.7 Å². The fourth-order valence-electron chi connectivity index (χ4n) is 1.73. The van der Waals surface area contributed by atoms with E-state index in [4.69, 9.17) is 10.5 Å². The molecule has 2 nitrogen and oxygen atoms in total. The molecule has 0 atom stereocenters. The molecule has 0 amide bonds. The van der Waals surface area contributed by atoms with Gasteiger partial charge in [-0.2, -0.15) is 0 Å². The second-order valence-electron chi connectivity index (χ2n) is 4.07. The molecule has 2 heteroatoms. The third kappa shape index (κ3) is 3.14. The van der Waals surface area contributed by atoms with Gasteiger partial charge in [-0.3, -0.25) is 0 Å². The molecule has 2 N–H and O–H groups in total. The quantitative estimate of drug-likeness (QED) is 0.822. The number of allylic oxidation sites excluding steroid dienone is 1. The van der Waals surface area contributed by atoms with Gasteiger partial charge >= 0.3 is 0 Å². The summed E-state index contributed by atoms with van der Waals surface area (Å²) in [6.45, 7) is 2.52. The molecule has 0 spiro atoms. The maximum Gasteiger partial charge on any atom is 0.142 e. The molecule has 18 heavy (non-hydrogen) atoms. The lowest BCUT2D eigenvalue weighted by Crippen LogP contribution is -1.98. The lowest BCUT2D eigenvalue weighted by Gasteiger charge is -2.09. The summed E-state index contributed by atoms with van der Waals surface area (Å²) in [6, 6.07) is 15.9. The minimum atomic E-state index is 0.536. The molecule has 0 saturated heterocycles. The summed E-state index contributed by atoms with van der Waals surface area (Å²) in [5.41, 5.74) is 8.84. The molecule has 0 bridgehead atoms. The van der Waals surface area contributed by atoms with Crippen LogP contribution in [0.25, 0.3) is 6.08 Å². The van der Waals surface area contributed by atoms with E-state index in [0.29, 0.717) is 12.3 Å². The Hall–Kier alpha value is -2.22. The summed E-state index contributed by atoms with van der Waals surface area (Å²) in [5, 5.41) is 0. The van der Waals surface area contributed by atoms with Crippen molar-refractivity contribution in [2.75, 3.05) is 5.73 Å². The van der Waals surface area contributed by atoms with E-state index in [1.165, 1.54) is 0 Å². The highest BCUT2D eigenvalue weighted by molar-refractivity contribution is 5.61. The molecule has 2 aromatic carbocycles. The smallest absolute Gasteiger partial charge is 0.142 e. The van der Waals surface area contributed by atoms with Crippen molar-refractivity contribution in [2.45, 2.75) is 13.5 Å². The Labute approximate surface area is 108 Å². The number of rotatable bonds is 4. The largest absolute Gasteiger partial charge is 0.487 e. The van der Waals surface area contributed by atoms with Crippen LogP contribution in [0.1, 0.15) is 18.1 Å². The van der Waals surface area contributed by atoms with Crippen LogP contribution in [0, 0.1) is 0 Å².